The van der Waals surface area contributed by atoms with E-state index >= 15 is 0 Å². The minimum atomic E-state index is 0.446. The molecule has 0 amide bonds. The van der Waals surface area contributed by atoms with Crippen LogP contribution in [-0.4, -0.2) is 56.2 Å². The SMILES string of the molecule is Cc1ncc(CN2CCN3N=C(c4ncccc4C)CC3C2)cn1. The number of hydrazone groups is 1. The average Bonchev–Trinajstić information content (AvgIpc) is 3.00. The minimum absolute atomic E-state index is 0.446. The van der Waals surface area contributed by atoms with Crippen molar-refractivity contribution in [2.24, 2.45) is 5.10 Å². The Bertz CT molecular complexity index is 754. The van der Waals surface area contributed by atoms with E-state index < -0.39 is 0 Å². The van der Waals surface area contributed by atoms with Crippen molar-refractivity contribution >= 4 is 5.71 Å². The summed E-state index contributed by atoms with van der Waals surface area (Å²) in [6.45, 7) is 7.93. The van der Waals surface area contributed by atoms with Crippen molar-refractivity contribution in [3.63, 3.8) is 0 Å². The summed E-state index contributed by atoms with van der Waals surface area (Å²) in [6, 6.07) is 4.53. The molecule has 124 valence electrons. The molecule has 2 aromatic heterocycles. The predicted octanol–water partition coefficient (Wildman–Crippen LogP) is 1.78. The Labute approximate surface area is 142 Å². The maximum absolute atomic E-state index is 4.83. The molecule has 2 aliphatic heterocycles. The number of piperazine rings is 1. The zero-order valence-corrected chi connectivity index (χ0v) is 14.2. The fraction of sp³-hybridized carbons (Fsp3) is 0.444. The van der Waals surface area contributed by atoms with Gasteiger partial charge in [0, 0.05) is 56.8 Å². The van der Waals surface area contributed by atoms with Crippen LogP contribution in [0.4, 0.5) is 0 Å². The summed E-state index contributed by atoms with van der Waals surface area (Å²) in [7, 11) is 0. The van der Waals surface area contributed by atoms with Gasteiger partial charge in [0.2, 0.25) is 0 Å². The lowest BCUT2D eigenvalue weighted by atomic mass is 10.0. The van der Waals surface area contributed by atoms with E-state index in [1.165, 1.54) is 11.1 Å². The highest BCUT2D eigenvalue weighted by Gasteiger charge is 2.33. The molecule has 0 N–H and O–H groups in total. The second-order valence-corrected chi connectivity index (χ2v) is 6.61. The quantitative estimate of drug-likeness (QED) is 0.862. The molecule has 1 fully saturated rings. The van der Waals surface area contributed by atoms with Crippen LogP contribution in [0, 0.1) is 13.8 Å². The van der Waals surface area contributed by atoms with Crippen LogP contribution in [0.5, 0.6) is 0 Å². The van der Waals surface area contributed by atoms with Gasteiger partial charge in [-0.05, 0) is 25.5 Å². The van der Waals surface area contributed by atoms with Crippen molar-refractivity contribution in [1.29, 1.82) is 0 Å². The highest BCUT2D eigenvalue weighted by atomic mass is 15.5. The molecule has 1 saturated heterocycles. The molecule has 0 bridgehead atoms. The Morgan fingerprint density at radius 2 is 1.96 bits per heavy atom. The number of hydrogen-bond donors (Lipinski definition) is 0. The molecule has 0 radical (unpaired) electrons. The largest absolute Gasteiger partial charge is 0.295 e. The summed E-state index contributed by atoms with van der Waals surface area (Å²) in [5.41, 5.74) is 4.54. The van der Waals surface area contributed by atoms with Crippen molar-refractivity contribution in [1.82, 2.24) is 24.9 Å². The van der Waals surface area contributed by atoms with E-state index in [1.807, 2.05) is 31.6 Å². The molecule has 0 saturated carbocycles. The first-order chi connectivity index (χ1) is 11.7. The predicted molar refractivity (Wildman–Crippen MR) is 92.7 cm³/mol. The number of nitrogens with zero attached hydrogens (tertiary/aromatic N) is 6. The number of aryl methyl sites for hydroxylation is 2. The molecule has 0 aliphatic carbocycles. The summed E-state index contributed by atoms with van der Waals surface area (Å²) in [6.07, 6.45) is 6.69. The van der Waals surface area contributed by atoms with Crippen molar-refractivity contribution in [3.8, 4) is 0 Å². The van der Waals surface area contributed by atoms with Crippen LogP contribution in [0.25, 0.3) is 0 Å². The highest BCUT2D eigenvalue weighted by molar-refractivity contribution is 6.01. The van der Waals surface area contributed by atoms with Crippen molar-refractivity contribution < 1.29 is 0 Å². The Balaban J connectivity index is 1.43. The van der Waals surface area contributed by atoms with Crippen molar-refractivity contribution in [2.75, 3.05) is 19.6 Å². The number of pyridine rings is 1. The molecule has 2 aromatic rings. The van der Waals surface area contributed by atoms with E-state index in [0.717, 1.165) is 49.8 Å². The van der Waals surface area contributed by atoms with E-state index in [4.69, 9.17) is 5.10 Å². The third-order valence-corrected chi connectivity index (χ3v) is 4.74. The zero-order chi connectivity index (χ0) is 16.5. The van der Waals surface area contributed by atoms with Crippen LogP contribution in [0.1, 0.15) is 29.1 Å². The lowest BCUT2D eigenvalue weighted by Gasteiger charge is -2.36. The second kappa shape index (κ2) is 6.28. The smallest absolute Gasteiger partial charge is 0.125 e. The molecular formula is C18H22N6. The minimum Gasteiger partial charge on any atom is -0.295 e. The van der Waals surface area contributed by atoms with Gasteiger partial charge in [0.05, 0.1) is 17.4 Å². The third kappa shape index (κ3) is 3.01. The van der Waals surface area contributed by atoms with E-state index in [1.54, 1.807) is 0 Å². The van der Waals surface area contributed by atoms with Gasteiger partial charge in [-0.15, -0.1) is 0 Å². The second-order valence-electron chi connectivity index (χ2n) is 6.61. The monoisotopic (exact) mass is 322 g/mol. The van der Waals surface area contributed by atoms with E-state index in [-0.39, 0.29) is 0 Å². The average molecular weight is 322 g/mol. The van der Waals surface area contributed by atoms with Crippen LogP contribution >= 0.6 is 0 Å². The molecule has 0 spiro atoms. The topological polar surface area (TPSA) is 57.5 Å². The van der Waals surface area contributed by atoms with Gasteiger partial charge in [0.15, 0.2) is 0 Å². The number of rotatable bonds is 3. The summed E-state index contributed by atoms with van der Waals surface area (Å²) >= 11 is 0. The van der Waals surface area contributed by atoms with Crippen molar-refractivity contribution in [2.45, 2.75) is 32.9 Å². The van der Waals surface area contributed by atoms with E-state index in [0.29, 0.717) is 6.04 Å². The highest BCUT2D eigenvalue weighted by Crippen LogP contribution is 2.24. The normalized spacial score (nSPS) is 20.8. The van der Waals surface area contributed by atoms with Crippen LogP contribution in [0.3, 0.4) is 0 Å². The summed E-state index contributed by atoms with van der Waals surface area (Å²) < 4.78 is 0. The molecular weight excluding hydrogens is 300 g/mol. The van der Waals surface area contributed by atoms with Crippen LogP contribution in [0.2, 0.25) is 0 Å². The molecule has 0 aromatic carbocycles. The first-order valence-electron chi connectivity index (χ1n) is 8.45. The van der Waals surface area contributed by atoms with Crippen LogP contribution in [0.15, 0.2) is 35.8 Å². The Hall–Kier alpha value is -2.34. The molecule has 4 heterocycles. The summed E-state index contributed by atoms with van der Waals surface area (Å²) in [5, 5.41) is 7.07. The Morgan fingerprint density at radius 3 is 2.75 bits per heavy atom. The maximum atomic E-state index is 4.83. The molecule has 6 nitrogen and oxygen atoms in total. The van der Waals surface area contributed by atoms with Gasteiger partial charge in [0.1, 0.15) is 5.82 Å². The fourth-order valence-corrected chi connectivity index (χ4v) is 3.47. The van der Waals surface area contributed by atoms with Crippen molar-refractivity contribution in [3.05, 3.63) is 53.4 Å². The Morgan fingerprint density at radius 1 is 1.12 bits per heavy atom. The fourth-order valence-electron chi connectivity index (χ4n) is 3.47. The zero-order valence-electron chi connectivity index (χ0n) is 14.2. The standard InChI is InChI=1S/C18H22N6/c1-13-4-3-5-19-18(13)17-8-16-12-23(6-7-24(16)22-17)11-15-9-20-14(2)21-10-15/h3-5,9-10,16H,6-8,11-12H2,1-2H3. The molecule has 24 heavy (non-hydrogen) atoms. The number of hydrogen-bond acceptors (Lipinski definition) is 6. The van der Waals surface area contributed by atoms with Gasteiger partial charge in [-0.2, -0.15) is 5.10 Å². The molecule has 1 atom stereocenters. The lowest BCUT2D eigenvalue weighted by molar-refractivity contribution is 0.0874. The number of aromatic nitrogens is 3. The third-order valence-electron chi connectivity index (χ3n) is 4.74. The van der Waals surface area contributed by atoms with Gasteiger partial charge in [-0.25, -0.2) is 9.97 Å². The molecule has 1 unspecified atom stereocenters. The van der Waals surface area contributed by atoms with Gasteiger partial charge in [0.25, 0.3) is 0 Å². The lowest BCUT2D eigenvalue weighted by Crippen LogP contribution is -2.48. The Kier molecular flexibility index (Phi) is 3.98. The molecule has 2 aliphatic rings. The molecule has 6 heteroatoms. The van der Waals surface area contributed by atoms with Crippen LogP contribution in [-0.2, 0) is 6.54 Å². The number of fused-ring (bicyclic) bond motifs is 1. The maximum Gasteiger partial charge on any atom is 0.125 e. The van der Waals surface area contributed by atoms with Gasteiger partial charge >= 0.3 is 0 Å². The summed E-state index contributed by atoms with van der Waals surface area (Å²) in [5.74, 6) is 0.822. The van der Waals surface area contributed by atoms with Crippen LogP contribution < -0.4 is 0 Å². The van der Waals surface area contributed by atoms with E-state index in [2.05, 4.69) is 37.9 Å². The van der Waals surface area contributed by atoms with Gasteiger partial charge in [-0.3, -0.25) is 14.9 Å². The first kappa shape index (κ1) is 15.2. The van der Waals surface area contributed by atoms with E-state index in [9.17, 15) is 0 Å². The first-order valence-corrected chi connectivity index (χ1v) is 8.45. The molecule has 4 rings (SSSR count). The van der Waals surface area contributed by atoms with Gasteiger partial charge < -0.3 is 0 Å². The summed E-state index contributed by atoms with van der Waals surface area (Å²) in [4.78, 5) is 15.6. The van der Waals surface area contributed by atoms with Gasteiger partial charge in [-0.1, -0.05) is 6.07 Å².